The van der Waals surface area contributed by atoms with Crippen molar-refractivity contribution in [3.63, 3.8) is 0 Å². The number of amides is 1. The summed E-state index contributed by atoms with van der Waals surface area (Å²) >= 11 is 1.44. The van der Waals surface area contributed by atoms with E-state index in [9.17, 15) is 9.59 Å². The summed E-state index contributed by atoms with van der Waals surface area (Å²) in [5.74, 6) is 0.108. The van der Waals surface area contributed by atoms with Crippen LogP contribution in [0.1, 0.15) is 24.9 Å². The van der Waals surface area contributed by atoms with Gasteiger partial charge in [-0.15, -0.1) is 0 Å². The standard InChI is InChI=1S/C22H28N4O4S/c1-14-19(21(28)30-5)20(16-8-6-7-9-17(16)29-4)26-15(13-31-22(26)24-14)12-18(27)23-10-11-25(2)3/h6-9,13,20H,10-12H2,1-5H3,(H,23,27)/t20-/m1/s1. The first-order chi connectivity index (χ1) is 14.9. The normalized spacial score (nSPS) is 17.9. The van der Waals surface area contributed by atoms with Crippen molar-refractivity contribution in [3.05, 3.63) is 52.2 Å². The zero-order valence-electron chi connectivity index (χ0n) is 18.5. The second-order valence-electron chi connectivity index (χ2n) is 7.46. The van der Waals surface area contributed by atoms with Gasteiger partial charge in [0.1, 0.15) is 5.75 Å². The molecular formula is C22H28N4O4S. The molecule has 3 rings (SSSR count). The highest BCUT2D eigenvalue weighted by molar-refractivity contribution is 8.16. The Bertz CT molecular complexity index is 955. The Morgan fingerprint density at radius 3 is 2.68 bits per heavy atom. The molecule has 1 aromatic rings. The van der Waals surface area contributed by atoms with Crippen molar-refractivity contribution >= 4 is 28.8 Å². The minimum atomic E-state index is -0.507. The molecule has 9 heteroatoms. The van der Waals surface area contributed by atoms with Gasteiger partial charge in [0.15, 0.2) is 5.17 Å². The van der Waals surface area contributed by atoms with E-state index in [1.54, 1.807) is 14.0 Å². The zero-order chi connectivity index (χ0) is 22.5. The molecular weight excluding hydrogens is 416 g/mol. The number of nitrogens with one attached hydrogen (secondary N) is 1. The molecule has 0 saturated heterocycles. The lowest BCUT2D eigenvalue weighted by Crippen LogP contribution is -2.38. The topological polar surface area (TPSA) is 83.5 Å². The highest BCUT2D eigenvalue weighted by Crippen LogP contribution is 2.46. The predicted molar refractivity (Wildman–Crippen MR) is 122 cm³/mol. The molecule has 2 heterocycles. The summed E-state index contributed by atoms with van der Waals surface area (Å²) in [6.07, 6.45) is 0.179. The number of benzene rings is 1. The van der Waals surface area contributed by atoms with Crippen molar-refractivity contribution in [2.45, 2.75) is 19.4 Å². The van der Waals surface area contributed by atoms with Gasteiger partial charge in [-0.05, 0) is 32.5 Å². The number of hydrogen-bond acceptors (Lipinski definition) is 8. The maximum atomic E-state index is 12.8. The number of methoxy groups -OCH3 is 2. The molecule has 0 bridgehead atoms. The van der Waals surface area contributed by atoms with Crippen molar-refractivity contribution in [2.24, 2.45) is 4.99 Å². The third kappa shape index (κ3) is 4.94. The van der Waals surface area contributed by atoms with E-state index >= 15 is 0 Å². The molecule has 0 radical (unpaired) electrons. The Balaban J connectivity index is 1.96. The Labute approximate surface area is 187 Å². The first-order valence-electron chi connectivity index (χ1n) is 9.94. The fourth-order valence-corrected chi connectivity index (χ4v) is 4.54. The highest BCUT2D eigenvalue weighted by atomic mass is 32.2. The van der Waals surface area contributed by atoms with Crippen molar-refractivity contribution in [3.8, 4) is 5.75 Å². The maximum Gasteiger partial charge on any atom is 0.338 e. The molecule has 0 unspecified atom stereocenters. The average molecular weight is 445 g/mol. The first kappa shape index (κ1) is 22.9. The molecule has 8 nitrogen and oxygen atoms in total. The summed E-state index contributed by atoms with van der Waals surface area (Å²) in [6.45, 7) is 3.12. The maximum absolute atomic E-state index is 12.8. The fraction of sp³-hybridized carbons (Fsp3) is 0.409. The van der Waals surface area contributed by atoms with Gasteiger partial charge in [-0.25, -0.2) is 9.79 Å². The minimum Gasteiger partial charge on any atom is -0.496 e. The molecule has 2 aliphatic rings. The Hall–Kier alpha value is -2.78. The SMILES string of the molecule is COC(=O)C1=C(C)N=C2SC=C(CC(=O)NCCN(C)C)N2[C@@H]1c1ccccc1OC. The lowest BCUT2D eigenvalue weighted by atomic mass is 9.93. The number of likely N-dealkylation sites (N-methyl/N-ethyl adjacent to an activating group) is 1. The number of fused-ring (bicyclic) bond motifs is 1. The predicted octanol–water partition coefficient (Wildman–Crippen LogP) is 2.51. The molecule has 166 valence electrons. The third-order valence-corrected chi connectivity index (χ3v) is 5.95. The second-order valence-corrected chi connectivity index (χ2v) is 8.29. The van der Waals surface area contributed by atoms with Gasteiger partial charge in [-0.2, -0.15) is 0 Å². The van der Waals surface area contributed by atoms with E-state index < -0.39 is 12.0 Å². The number of ether oxygens (including phenoxy) is 2. The summed E-state index contributed by atoms with van der Waals surface area (Å²) in [5.41, 5.74) is 2.60. The molecule has 0 aromatic heterocycles. The van der Waals surface area contributed by atoms with Gasteiger partial charge in [0.05, 0.1) is 38.0 Å². The second kappa shape index (κ2) is 10.0. The van der Waals surface area contributed by atoms with Crippen molar-refractivity contribution in [1.82, 2.24) is 15.1 Å². The van der Waals surface area contributed by atoms with E-state index in [-0.39, 0.29) is 12.3 Å². The number of esters is 1. The number of nitrogens with zero attached hydrogens (tertiary/aromatic N) is 3. The summed E-state index contributed by atoms with van der Waals surface area (Å²) in [5, 5.41) is 5.58. The monoisotopic (exact) mass is 444 g/mol. The van der Waals surface area contributed by atoms with Crippen LogP contribution in [0.25, 0.3) is 0 Å². The number of thioether (sulfide) groups is 1. The van der Waals surface area contributed by atoms with E-state index in [0.29, 0.717) is 23.6 Å². The van der Waals surface area contributed by atoms with Gasteiger partial charge >= 0.3 is 5.97 Å². The lowest BCUT2D eigenvalue weighted by Gasteiger charge is -2.36. The van der Waals surface area contributed by atoms with Crippen LogP contribution in [0.2, 0.25) is 0 Å². The minimum absolute atomic E-state index is 0.0837. The molecule has 1 atom stereocenters. The van der Waals surface area contributed by atoms with Crippen LogP contribution in [-0.2, 0) is 14.3 Å². The number of carbonyl (C=O) groups is 2. The molecule has 0 aliphatic carbocycles. The van der Waals surface area contributed by atoms with E-state index in [1.807, 2.05) is 53.6 Å². The van der Waals surface area contributed by atoms with Crippen LogP contribution >= 0.6 is 11.8 Å². The van der Waals surface area contributed by atoms with E-state index in [0.717, 1.165) is 23.0 Å². The van der Waals surface area contributed by atoms with Crippen LogP contribution in [0.15, 0.2) is 51.6 Å². The Morgan fingerprint density at radius 2 is 2.00 bits per heavy atom. The molecule has 0 fully saturated rings. The highest BCUT2D eigenvalue weighted by Gasteiger charge is 2.42. The van der Waals surface area contributed by atoms with Crippen molar-refractivity contribution < 1.29 is 19.1 Å². The van der Waals surface area contributed by atoms with Crippen LogP contribution < -0.4 is 10.1 Å². The molecule has 0 saturated carbocycles. The summed E-state index contributed by atoms with van der Waals surface area (Å²) in [4.78, 5) is 33.9. The Kier molecular flexibility index (Phi) is 7.40. The largest absolute Gasteiger partial charge is 0.496 e. The fourth-order valence-electron chi connectivity index (χ4n) is 3.57. The summed E-state index contributed by atoms with van der Waals surface area (Å²) in [6, 6.07) is 7.04. The summed E-state index contributed by atoms with van der Waals surface area (Å²) < 4.78 is 10.7. The number of hydrogen-bond donors (Lipinski definition) is 1. The zero-order valence-corrected chi connectivity index (χ0v) is 19.3. The van der Waals surface area contributed by atoms with Crippen molar-refractivity contribution in [1.29, 1.82) is 0 Å². The van der Waals surface area contributed by atoms with Crippen LogP contribution in [0, 0.1) is 0 Å². The van der Waals surface area contributed by atoms with Gasteiger partial charge in [0.2, 0.25) is 5.91 Å². The van der Waals surface area contributed by atoms with E-state index in [2.05, 4.69) is 10.3 Å². The number of rotatable bonds is 8. The van der Waals surface area contributed by atoms with Crippen LogP contribution in [0.4, 0.5) is 0 Å². The van der Waals surface area contributed by atoms with Gasteiger partial charge in [0, 0.05) is 24.4 Å². The van der Waals surface area contributed by atoms with Crippen LogP contribution in [0.5, 0.6) is 5.75 Å². The van der Waals surface area contributed by atoms with Gasteiger partial charge < -0.3 is 24.6 Å². The molecule has 2 aliphatic heterocycles. The number of aliphatic imine (C=N–C) groups is 1. The lowest BCUT2D eigenvalue weighted by molar-refractivity contribution is -0.136. The van der Waals surface area contributed by atoms with Gasteiger partial charge in [-0.3, -0.25) is 4.79 Å². The van der Waals surface area contributed by atoms with Crippen LogP contribution in [0.3, 0.4) is 0 Å². The smallest absolute Gasteiger partial charge is 0.338 e. The third-order valence-electron chi connectivity index (χ3n) is 5.06. The van der Waals surface area contributed by atoms with E-state index in [1.165, 1.54) is 18.9 Å². The number of carbonyl (C=O) groups excluding carboxylic acids is 2. The Morgan fingerprint density at radius 1 is 1.26 bits per heavy atom. The molecule has 1 N–H and O–H groups in total. The molecule has 31 heavy (non-hydrogen) atoms. The molecule has 0 spiro atoms. The number of para-hydroxylation sites is 1. The summed E-state index contributed by atoms with van der Waals surface area (Å²) in [7, 11) is 6.87. The van der Waals surface area contributed by atoms with Crippen molar-refractivity contribution in [2.75, 3.05) is 41.4 Å². The van der Waals surface area contributed by atoms with E-state index in [4.69, 9.17) is 9.47 Å². The molecule has 1 amide bonds. The van der Waals surface area contributed by atoms with Crippen LogP contribution in [-0.4, -0.2) is 68.2 Å². The first-order valence-corrected chi connectivity index (χ1v) is 10.8. The number of amidine groups is 1. The van der Waals surface area contributed by atoms with Gasteiger partial charge in [-0.1, -0.05) is 30.0 Å². The van der Waals surface area contributed by atoms with Gasteiger partial charge in [0.25, 0.3) is 0 Å². The molecule has 1 aromatic carbocycles. The quantitative estimate of drug-likeness (QED) is 0.617. The number of allylic oxidation sites excluding steroid dienone is 1. The average Bonchev–Trinajstić information content (AvgIpc) is 3.13.